The molecular formula is C19H11NO3. The zero-order chi connectivity index (χ0) is 16.0. The van der Waals surface area contributed by atoms with Crippen LogP contribution in [0.3, 0.4) is 0 Å². The lowest BCUT2D eigenvalue weighted by Crippen LogP contribution is -2.19. The summed E-state index contributed by atoms with van der Waals surface area (Å²) < 4.78 is 0. The summed E-state index contributed by atoms with van der Waals surface area (Å²) in [5.74, 6) is -1.15. The Hall–Kier alpha value is -3.27. The molecule has 23 heavy (non-hydrogen) atoms. The average Bonchev–Trinajstić information content (AvgIpc) is 3.01. The van der Waals surface area contributed by atoms with Crippen molar-refractivity contribution in [3.63, 3.8) is 0 Å². The molecule has 1 N–H and O–H groups in total. The predicted molar refractivity (Wildman–Crippen MR) is 86.5 cm³/mol. The normalized spacial score (nSPS) is 13.8. The molecule has 0 saturated carbocycles. The second kappa shape index (κ2) is 4.88. The summed E-state index contributed by atoms with van der Waals surface area (Å²) in [6, 6.07) is 12.6. The van der Waals surface area contributed by atoms with Crippen LogP contribution in [0.15, 0.2) is 54.7 Å². The number of aldehydes is 1. The third-order valence-corrected chi connectivity index (χ3v) is 4.09. The van der Waals surface area contributed by atoms with Crippen LogP contribution in [0.2, 0.25) is 0 Å². The molecule has 0 fully saturated rings. The molecule has 2 aromatic carbocycles. The molecule has 4 rings (SSSR count). The number of hydrogen-bond donors (Lipinski definition) is 1. The van der Waals surface area contributed by atoms with Crippen LogP contribution in [-0.4, -0.2) is 22.8 Å². The van der Waals surface area contributed by atoms with Crippen LogP contribution in [0.4, 0.5) is 0 Å². The maximum absolute atomic E-state index is 12.1. The lowest BCUT2D eigenvalue weighted by Gasteiger charge is -2.16. The fourth-order valence-electron chi connectivity index (χ4n) is 2.98. The molecule has 0 bridgehead atoms. The number of para-hydroxylation sites is 1. The number of H-pyrrole nitrogens is 1. The fourth-order valence-corrected chi connectivity index (χ4v) is 2.98. The third kappa shape index (κ3) is 1.96. The molecule has 1 aromatic heterocycles. The first-order valence-electron chi connectivity index (χ1n) is 7.15. The van der Waals surface area contributed by atoms with E-state index in [1.54, 1.807) is 12.1 Å². The Morgan fingerprint density at radius 1 is 0.913 bits per heavy atom. The molecule has 0 aliphatic heterocycles. The van der Waals surface area contributed by atoms with E-state index in [9.17, 15) is 14.4 Å². The number of Topliss-reactive ketones (excluding diaryl/α,β-unsaturated/α-hetero) is 1. The maximum Gasteiger partial charge on any atom is 0.233 e. The molecule has 0 amide bonds. The van der Waals surface area contributed by atoms with Gasteiger partial charge >= 0.3 is 0 Å². The largest absolute Gasteiger partial charge is 0.361 e. The van der Waals surface area contributed by atoms with Gasteiger partial charge in [-0.3, -0.25) is 14.4 Å². The Morgan fingerprint density at radius 2 is 1.74 bits per heavy atom. The molecule has 3 aromatic rings. The summed E-state index contributed by atoms with van der Waals surface area (Å²) >= 11 is 0. The first kappa shape index (κ1) is 13.4. The molecule has 0 saturated heterocycles. The van der Waals surface area contributed by atoms with Crippen molar-refractivity contribution in [3.05, 3.63) is 77.0 Å². The molecule has 4 heteroatoms. The molecule has 110 valence electrons. The second-order valence-corrected chi connectivity index (χ2v) is 5.42. The monoisotopic (exact) mass is 301 g/mol. The highest BCUT2D eigenvalue weighted by atomic mass is 16.2. The number of nitrogens with one attached hydrogen (secondary N) is 1. The summed E-state index contributed by atoms with van der Waals surface area (Å²) in [7, 11) is 0. The van der Waals surface area contributed by atoms with Gasteiger partial charge in [0.15, 0.2) is 0 Å². The Balaban J connectivity index is 2.00. The molecule has 1 aliphatic rings. The number of carbonyl (C=O) groups is 3. The average molecular weight is 301 g/mol. The molecule has 0 atom stereocenters. The molecule has 1 heterocycles. The van der Waals surface area contributed by atoms with Crippen LogP contribution in [0.25, 0.3) is 16.5 Å². The van der Waals surface area contributed by atoms with Crippen LogP contribution < -0.4 is 0 Å². The lowest BCUT2D eigenvalue weighted by atomic mass is 9.85. The third-order valence-electron chi connectivity index (χ3n) is 4.09. The first-order valence-corrected chi connectivity index (χ1v) is 7.15. The highest BCUT2D eigenvalue weighted by Gasteiger charge is 2.27. The van der Waals surface area contributed by atoms with E-state index < -0.39 is 11.6 Å². The maximum atomic E-state index is 12.1. The van der Waals surface area contributed by atoms with Crippen molar-refractivity contribution in [2.45, 2.75) is 0 Å². The van der Waals surface area contributed by atoms with Gasteiger partial charge in [-0.05, 0) is 29.3 Å². The van der Waals surface area contributed by atoms with Gasteiger partial charge in [0.25, 0.3) is 0 Å². The van der Waals surface area contributed by atoms with Gasteiger partial charge in [-0.2, -0.15) is 0 Å². The minimum Gasteiger partial charge on any atom is -0.361 e. The van der Waals surface area contributed by atoms with Gasteiger partial charge in [-0.25, -0.2) is 0 Å². The number of hydrogen-bond acceptors (Lipinski definition) is 3. The van der Waals surface area contributed by atoms with Crippen LogP contribution in [0.5, 0.6) is 0 Å². The minimum absolute atomic E-state index is 0.280. The highest BCUT2D eigenvalue weighted by molar-refractivity contribution is 6.51. The molecular weight excluding hydrogens is 290 g/mol. The standard InChI is InChI=1S/C19H11NO3/c21-10-11-5-6-12-14(8-18(22)19(23)15(12)7-11)16-9-20-17-4-2-1-3-13(16)17/h1-10,20H. The van der Waals surface area contributed by atoms with E-state index in [0.29, 0.717) is 23.0 Å². The summed E-state index contributed by atoms with van der Waals surface area (Å²) in [5.41, 5.74) is 3.84. The predicted octanol–water partition coefficient (Wildman–Crippen LogP) is 3.18. The molecule has 0 radical (unpaired) electrons. The molecule has 1 aliphatic carbocycles. The Bertz CT molecular complexity index is 1020. The Kier molecular flexibility index (Phi) is 2.84. The summed E-state index contributed by atoms with van der Waals surface area (Å²) in [4.78, 5) is 38.3. The number of fused-ring (bicyclic) bond motifs is 2. The number of allylic oxidation sites excluding steroid dienone is 1. The number of ketones is 2. The molecule has 0 unspecified atom stereocenters. The number of aromatic amines is 1. The van der Waals surface area contributed by atoms with Gasteiger partial charge in [0.2, 0.25) is 11.6 Å². The van der Waals surface area contributed by atoms with E-state index in [4.69, 9.17) is 0 Å². The van der Waals surface area contributed by atoms with E-state index in [1.807, 2.05) is 30.5 Å². The van der Waals surface area contributed by atoms with Crippen molar-refractivity contribution in [2.24, 2.45) is 0 Å². The smallest absolute Gasteiger partial charge is 0.233 e. The Morgan fingerprint density at radius 3 is 2.57 bits per heavy atom. The van der Waals surface area contributed by atoms with Crippen LogP contribution in [-0.2, 0) is 4.79 Å². The van der Waals surface area contributed by atoms with Crippen molar-refractivity contribution < 1.29 is 14.4 Å². The van der Waals surface area contributed by atoms with Crippen LogP contribution in [0, 0.1) is 0 Å². The van der Waals surface area contributed by atoms with E-state index >= 15 is 0 Å². The molecule has 0 spiro atoms. The summed E-state index contributed by atoms with van der Waals surface area (Å²) in [6.07, 6.45) is 3.87. The van der Waals surface area contributed by atoms with E-state index in [1.165, 1.54) is 12.1 Å². The topological polar surface area (TPSA) is 67.0 Å². The number of aromatic nitrogens is 1. The molecule has 4 nitrogen and oxygen atoms in total. The number of carbonyl (C=O) groups excluding carboxylic acids is 3. The second-order valence-electron chi connectivity index (χ2n) is 5.42. The van der Waals surface area contributed by atoms with Gasteiger partial charge in [0.05, 0.1) is 0 Å². The van der Waals surface area contributed by atoms with Gasteiger partial charge in [-0.15, -0.1) is 0 Å². The first-order chi connectivity index (χ1) is 11.2. The lowest BCUT2D eigenvalue weighted by molar-refractivity contribution is -0.111. The van der Waals surface area contributed by atoms with E-state index in [0.717, 1.165) is 16.5 Å². The van der Waals surface area contributed by atoms with Gasteiger partial charge in [-0.1, -0.05) is 30.3 Å². The van der Waals surface area contributed by atoms with Gasteiger partial charge < -0.3 is 4.98 Å². The van der Waals surface area contributed by atoms with Crippen LogP contribution >= 0.6 is 0 Å². The summed E-state index contributed by atoms with van der Waals surface area (Å²) in [5, 5.41) is 0.978. The number of rotatable bonds is 2. The SMILES string of the molecule is O=Cc1ccc2c(c1)C(=O)C(=O)C=C2c1c[nH]c2ccccc12. The number of benzene rings is 2. The van der Waals surface area contributed by atoms with Crippen molar-refractivity contribution in [1.29, 1.82) is 0 Å². The fraction of sp³-hybridized carbons (Fsp3) is 0. The van der Waals surface area contributed by atoms with E-state index in [2.05, 4.69) is 4.98 Å². The van der Waals surface area contributed by atoms with E-state index in [-0.39, 0.29) is 5.56 Å². The van der Waals surface area contributed by atoms with Crippen molar-refractivity contribution >= 4 is 34.3 Å². The zero-order valence-corrected chi connectivity index (χ0v) is 12.0. The summed E-state index contributed by atoms with van der Waals surface area (Å²) in [6.45, 7) is 0. The quantitative estimate of drug-likeness (QED) is 0.584. The van der Waals surface area contributed by atoms with Crippen molar-refractivity contribution in [1.82, 2.24) is 4.98 Å². The zero-order valence-electron chi connectivity index (χ0n) is 12.0. The van der Waals surface area contributed by atoms with Gasteiger partial charge in [0.1, 0.15) is 6.29 Å². The van der Waals surface area contributed by atoms with Crippen molar-refractivity contribution in [2.75, 3.05) is 0 Å². The Labute approximate surface area is 131 Å². The minimum atomic E-state index is -0.577. The highest BCUT2D eigenvalue weighted by Crippen LogP contribution is 2.34. The van der Waals surface area contributed by atoms with Crippen molar-refractivity contribution in [3.8, 4) is 0 Å². The van der Waals surface area contributed by atoms with Gasteiger partial charge in [0, 0.05) is 33.8 Å². The van der Waals surface area contributed by atoms with Crippen LogP contribution in [0.1, 0.15) is 31.8 Å².